The van der Waals surface area contributed by atoms with Crippen molar-refractivity contribution in [2.75, 3.05) is 5.32 Å². The predicted molar refractivity (Wildman–Crippen MR) is 89.9 cm³/mol. The molecule has 0 bridgehead atoms. The van der Waals surface area contributed by atoms with Gasteiger partial charge < -0.3 is 20.4 Å². The minimum Gasteiger partial charge on any atom is -0.481 e. The van der Waals surface area contributed by atoms with Crippen molar-refractivity contribution in [3.8, 4) is 0 Å². The highest BCUT2D eigenvalue weighted by Gasteiger charge is 2.40. The third kappa shape index (κ3) is 3.34. The lowest BCUT2D eigenvalue weighted by Gasteiger charge is -2.27. The van der Waals surface area contributed by atoms with Crippen molar-refractivity contribution in [1.29, 1.82) is 0 Å². The Morgan fingerprint density at radius 2 is 1.75 bits per heavy atom. The first-order valence-electron chi connectivity index (χ1n) is 8.24. The first kappa shape index (κ1) is 16.3. The largest absolute Gasteiger partial charge is 0.481 e. The van der Waals surface area contributed by atoms with Crippen molar-refractivity contribution < 1.29 is 14.7 Å². The van der Waals surface area contributed by atoms with Crippen LogP contribution in [0.1, 0.15) is 44.9 Å². The molecular formula is C17H21N3O4. The molecule has 0 radical (unpaired) electrons. The number of rotatable bonds is 4. The number of benzene rings is 1. The number of aliphatic carboxylic acids is 1. The fourth-order valence-electron chi connectivity index (χ4n) is 3.49. The molecule has 0 spiro atoms. The predicted octanol–water partition coefficient (Wildman–Crippen LogP) is 2.61. The lowest BCUT2D eigenvalue weighted by Crippen LogP contribution is -2.35. The molecule has 7 nitrogen and oxygen atoms in total. The normalized spacial score (nSPS) is 17.3. The fraction of sp³-hybridized carbons (Fsp3) is 0.471. The molecule has 0 aliphatic heterocycles. The molecule has 1 aliphatic carbocycles. The zero-order valence-electron chi connectivity index (χ0n) is 13.4. The lowest BCUT2D eigenvalue weighted by atomic mass is 9.77. The number of aromatic nitrogens is 2. The molecule has 4 N–H and O–H groups in total. The summed E-state index contributed by atoms with van der Waals surface area (Å²) in [7, 11) is 0. The van der Waals surface area contributed by atoms with E-state index in [9.17, 15) is 19.5 Å². The van der Waals surface area contributed by atoms with Gasteiger partial charge in [-0.2, -0.15) is 0 Å². The minimum absolute atomic E-state index is 0.0238. The number of carbonyl (C=O) groups is 2. The molecule has 128 valence electrons. The number of fused-ring (bicyclic) bond motifs is 1. The van der Waals surface area contributed by atoms with Crippen LogP contribution < -0.4 is 11.0 Å². The van der Waals surface area contributed by atoms with E-state index in [0.717, 1.165) is 25.7 Å². The number of aromatic amines is 2. The number of hydrogen-bond donors (Lipinski definition) is 4. The van der Waals surface area contributed by atoms with Gasteiger partial charge in [0, 0.05) is 12.1 Å². The quantitative estimate of drug-likeness (QED) is 0.645. The van der Waals surface area contributed by atoms with Crippen LogP contribution in [0.2, 0.25) is 0 Å². The van der Waals surface area contributed by atoms with Crippen LogP contribution in [-0.4, -0.2) is 27.0 Å². The van der Waals surface area contributed by atoms with Gasteiger partial charge in [0.15, 0.2) is 0 Å². The fourth-order valence-corrected chi connectivity index (χ4v) is 3.49. The smallest absolute Gasteiger partial charge is 0.323 e. The van der Waals surface area contributed by atoms with Crippen LogP contribution in [0.5, 0.6) is 0 Å². The number of carbonyl (C=O) groups excluding carboxylic acids is 1. The lowest BCUT2D eigenvalue weighted by molar-refractivity contribution is -0.152. The maximum atomic E-state index is 12.4. The number of carboxylic acid groups (broad SMARTS) is 1. The summed E-state index contributed by atoms with van der Waals surface area (Å²) in [6, 6.07) is 5.04. The van der Waals surface area contributed by atoms with E-state index in [1.54, 1.807) is 18.2 Å². The van der Waals surface area contributed by atoms with E-state index in [4.69, 9.17) is 0 Å². The summed E-state index contributed by atoms with van der Waals surface area (Å²) in [5, 5.41) is 12.4. The van der Waals surface area contributed by atoms with E-state index in [2.05, 4.69) is 15.3 Å². The molecule has 0 atom stereocenters. The molecule has 1 aromatic heterocycles. The minimum atomic E-state index is -0.965. The molecule has 1 amide bonds. The monoisotopic (exact) mass is 331 g/mol. The standard InChI is InChI=1S/C17H21N3O4/c21-14(10-17(15(22)23)7-3-1-2-4-8-17)18-11-5-6-12-13(9-11)20-16(24)19-12/h5-6,9H,1-4,7-8,10H2,(H,18,21)(H,22,23)(H2,19,20,24). The molecule has 0 unspecified atom stereocenters. The summed E-state index contributed by atoms with van der Waals surface area (Å²) >= 11 is 0. The molecular weight excluding hydrogens is 310 g/mol. The first-order valence-corrected chi connectivity index (χ1v) is 8.24. The van der Waals surface area contributed by atoms with Crippen LogP contribution in [0.25, 0.3) is 11.0 Å². The van der Waals surface area contributed by atoms with E-state index in [1.807, 2.05) is 0 Å². The highest BCUT2D eigenvalue weighted by atomic mass is 16.4. The van der Waals surface area contributed by atoms with E-state index in [-0.39, 0.29) is 18.0 Å². The summed E-state index contributed by atoms with van der Waals surface area (Å²) < 4.78 is 0. The summed E-state index contributed by atoms with van der Waals surface area (Å²) in [5.41, 5.74) is 0.519. The van der Waals surface area contributed by atoms with Gasteiger partial charge in [0.2, 0.25) is 5.91 Å². The van der Waals surface area contributed by atoms with Crippen molar-refractivity contribution in [3.05, 3.63) is 28.7 Å². The number of anilines is 1. The van der Waals surface area contributed by atoms with Crippen LogP contribution in [0.15, 0.2) is 23.0 Å². The average Bonchev–Trinajstić information content (AvgIpc) is 2.73. The van der Waals surface area contributed by atoms with Crippen LogP contribution in [-0.2, 0) is 9.59 Å². The van der Waals surface area contributed by atoms with Gasteiger partial charge in [0.25, 0.3) is 0 Å². The van der Waals surface area contributed by atoms with E-state index in [0.29, 0.717) is 29.6 Å². The van der Waals surface area contributed by atoms with Gasteiger partial charge in [0.05, 0.1) is 16.4 Å². The molecule has 1 aliphatic rings. The maximum absolute atomic E-state index is 12.4. The summed E-state index contributed by atoms with van der Waals surface area (Å²) in [5.74, 6) is -1.19. The molecule has 2 aromatic rings. The van der Waals surface area contributed by atoms with Crippen molar-refractivity contribution in [2.45, 2.75) is 44.9 Å². The second-order valence-corrected chi connectivity index (χ2v) is 6.56. The third-order valence-electron chi connectivity index (χ3n) is 4.81. The van der Waals surface area contributed by atoms with Gasteiger partial charge in [-0.15, -0.1) is 0 Å². The van der Waals surface area contributed by atoms with Crippen molar-refractivity contribution in [2.24, 2.45) is 5.41 Å². The summed E-state index contributed by atoms with van der Waals surface area (Å²) in [4.78, 5) is 40.7. The SMILES string of the molecule is O=C(CC1(C(=O)O)CCCCCC1)Nc1ccc2[nH]c(=O)[nH]c2c1. The highest BCUT2D eigenvalue weighted by molar-refractivity contribution is 5.95. The Morgan fingerprint density at radius 1 is 1.08 bits per heavy atom. The van der Waals surface area contributed by atoms with Crippen LogP contribution in [0.3, 0.4) is 0 Å². The van der Waals surface area contributed by atoms with Crippen LogP contribution in [0.4, 0.5) is 5.69 Å². The number of nitrogens with one attached hydrogen (secondary N) is 3. The molecule has 1 fully saturated rings. The Morgan fingerprint density at radius 3 is 2.42 bits per heavy atom. The Labute approximate surface area is 138 Å². The maximum Gasteiger partial charge on any atom is 0.323 e. The number of amides is 1. The Hall–Kier alpha value is -2.57. The number of H-pyrrole nitrogens is 2. The summed E-state index contributed by atoms with van der Waals surface area (Å²) in [6.45, 7) is 0. The molecule has 0 saturated heterocycles. The zero-order valence-corrected chi connectivity index (χ0v) is 13.4. The number of hydrogen-bond acceptors (Lipinski definition) is 3. The molecule has 1 heterocycles. The van der Waals surface area contributed by atoms with Crippen LogP contribution >= 0.6 is 0 Å². The molecule has 1 saturated carbocycles. The highest BCUT2D eigenvalue weighted by Crippen LogP contribution is 2.38. The van der Waals surface area contributed by atoms with E-state index < -0.39 is 11.4 Å². The number of imidazole rings is 1. The second kappa shape index (κ2) is 6.51. The van der Waals surface area contributed by atoms with Gasteiger partial charge in [-0.3, -0.25) is 9.59 Å². The van der Waals surface area contributed by atoms with E-state index >= 15 is 0 Å². The molecule has 7 heteroatoms. The molecule has 3 rings (SSSR count). The van der Waals surface area contributed by atoms with Gasteiger partial charge >= 0.3 is 11.7 Å². The number of carboxylic acids is 1. The second-order valence-electron chi connectivity index (χ2n) is 6.56. The Balaban J connectivity index is 1.74. The van der Waals surface area contributed by atoms with Gasteiger partial charge in [-0.05, 0) is 31.0 Å². The van der Waals surface area contributed by atoms with Crippen molar-refractivity contribution in [1.82, 2.24) is 9.97 Å². The van der Waals surface area contributed by atoms with Gasteiger partial charge in [-0.1, -0.05) is 25.7 Å². The Kier molecular flexibility index (Phi) is 4.42. The average molecular weight is 331 g/mol. The topological polar surface area (TPSA) is 115 Å². The summed E-state index contributed by atoms with van der Waals surface area (Å²) in [6.07, 6.45) is 4.79. The third-order valence-corrected chi connectivity index (χ3v) is 4.81. The zero-order chi connectivity index (χ0) is 17.2. The molecule has 1 aromatic carbocycles. The van der Waals surface area contributed by atoms with Crippen molar-refractivity contribution >= 4 is 28.6 Å². The van der Waals surface area contributed by atoms with E-state index in [1.165, 1.54) is 0 Å². The van der Waals surface area contributed by atoms with Crippen LogP contribution in [0, 0.1) is 5.41 Å². The van der Waals surface area contributed by atoms with Crippen molar-refractivity contribution in [3.63, 3.8) is 0 Å². The van der Waals surface area contributed by atoms with Gasteiger partial charge in [0.1, 0.15) is 0 Å². The Bertz CT molecular complexity index is 813. The molecule has 24 heavy (non-hydrogen) atoms. The first-order chi connectivity index (χ1) is 11.5. The van der Waals surface area contributed by atoms with Gasteiger partial charge in [-0.25, -0.2) is 4.79 Å².